The molecule has 0 aliphatic carbocycles. The molecule has 8 nitrogen and oxygen atoms in total. The van der Waals surface area contributed by atoms with Crippen molar-refractivity contribution in [1.82, 2.24) is 20.4 Å². The van der Waals surface area contributed by atoms with Crippen LogP contribution in [-0.4, -0.2) is 59.0 Å². The number of hydrogen-bond acceptors (Lipinski definition) is 9. The summed E-state index contributed by atoms with van der Waals surface area (Å²) in [5.41, 5.74) is 1.87. The zero-order chi connectivity index (χ0) is 21.6. The number of nitrogens with zero attached hydrogens (tertiary/aromatic N) is 5. The number of rotatable bonds is 9. The van der Waals surface area contributed by atoms with E-state index < -0.39 is 0 Å². The maximum atomic E-state index is 12.9. The summed E-state index contributed by atoms with van der Waals surface area (Å²) in [6, 6.07) is 14.0. The summed E-state index contributed by atoms with van der Waals surface area (Å²) >= 11 is 1.44. The number of anilines is 2. The minimum Gasteiger partial charge on any atom is -0.384 e. The van der Waals surface area contributed by atoms with Crippen LogP contribution in [0.25, 0.3) is 0 Å². The molecular formula is C22H26N6O2S. The minimum absolute atomic E-state index is 0.0840. The second kappa shape index (κ2) is 9.93. The van der Waals surface area contributed by atoms with Gasteiger partial charge in [-0.1, -0.05) is 41.7 Å². The van der Waals surface area contributed by atoms with E-state index in [0.29, 0.717) is 11.6 Å². The molecule has 0 radical (unpaired) electrons. The molecule has 0 spiro atoms. The number of ether oxygens (including phenoxy) is 1. The van der Waals surface area contributed by atoms with Gasteiger partial charge >= 0.3 is 0 Å². The van der Waals surface area contributed by atoms with Gasteiger partial charge in [0.15, 0.2) is 5.82 Å². The molecule has 1 fully saturated rings. The van der Waals surface area contributed by atoms with Crippen LogP contribution in [-0.2, 0) is 16.0 Å². The number of Topliss-reactive ketones (excluding diaryl/α,β-unsaturated/α-hetero) is 1. The number of nitrogens with one attached hydrogen (secondary N) is 1. The minimum atomic E-state index is -0.300. The molecule has 2 atom stereocenters. The van der Waals surface area contributed by atoms with E-state index in [4.69, 9.17) is 4.74 Å². The monoisotopic (exact) mass is 438 g/mol. The van der Waals surface area contributed by atoms with E-state index in [-0.39, 0.29) is 24.2 Å². The molecule has 162 valence electrons. The maximum absolute atomic E-state index is 12.9. The molecule has 1 saturated heterocycles. The first-order chi connectivity index (χ1) is 15.1. The molecule has 1 aliphatic heterocycles. The van der Waals surface area contributed by atoms with Gasteiger partial charge in [0.2, 0.25) is 5.13 Å². The van der Waals surface area contributed by atoms with Crippen molar-refractivity contribution < 1.29 is 9.53 Å². The predicted molar refractivity (Wildman–Crippen MR) is 121 cm³/mol. The molecule has 1 N–H and O–H groups in total. The predicted octanol–water partition coefficient (Wildman–Crippen LogP) is 2.87. The van der Waals surface area contributed by atoms with E-state index in [1.807, 2.05) is 49.4 Å². The van der Waals surface area contributed by atoms with Crippen LogP contribution in [0.5, 0.6) is 0 Å². The molecule has 31 heavy (non-hydrogen) atoms. The van der Waals surface area contributed by atoms with E-state index >= 15 is 0 Å². The fraction of sp³-hybridized carbons (Fsp3) is 0.409. The van der Waals surface area contributed by atoms with Crippen molar-refractivity contribution in [3.63, 3.8) is 0 Å². The van der Waals surface area contributed by atoms with Gasteiger partial charge in [-0.05, 0) is 31.0 Å². The number of carbonyl (C=O) groups is 1. The van der Waals surface area contributed by atoms with Gasteiger partial charge < -0.3 is 15.0 Å². The average molecular weight is 439 g/mol. The number of ketones is 1. The Labute approximate surface area is 185 Å². The summed E-state index contributed by atoms with van der Waals surface area (Å²) in [6.45, 7) is 4.03. The van der Waals surface area contributed by atoms with Gasteiger partial charge in [0.1, 0.15) is 10.8 Å². The second-order valence-electron chi connectivity index (χ2n) is 7.67. The fourth-order valence-electron chi connectivity index (χ4n) is 3.70. The van der Waals surface area contributed by atoms with Crippen LogP contribution in [0.15, 0.2) is 42.5 Å². The molecule has 0 bridgehead atoms. The van der Waals surface area contributed by atoms with Crippen LogP contribution < -0.4 is 10.2 Å². The third-order valence-corrected chi connectivity index (χ3v) is 6.19. The molecule has 4 rings (SSSR count). The Balaban J connectivity index is 1.34. The summed E-state index contributed by atoms with van der Waals surface area (Å²) in [5, 5.41) is 21.8. The molecular weight excluding hydrogens is 412 g/mol. The quantitative estimate of drug-likeness (QED) is 0.545. The standard InChI is InChI=1S/C22H26N6O2S/c1-15-8-9-20(25-24-15)28-11-10-17(13-28)23-22-27-26-21(31-22)12-19(29)18(14-30-2)16-6-4-3-5-7-16/h3-9,17-18H,10-14H2,1-2H3,(H,23,27)/t17-,18-/m1/s1. The van der Waals surface area contributed by atoms with Gasteiger partial charge in [0, 0.05) is 26.2 Å². The highest BCUT2D eigenvalue weighted by molar-refractivity contribution is 7.15. The zero-order valence-electron chi connectivity index (χ0n) is 17.7. The van der Waals surface area contributed by atoms with Crippen LogP contribution >= 0.6 is 11.3 Å². The van der Waals surface area contributed by atoms with Gasteiger partial charge in [0.05, 0.1) is 24.6 Å². The Hall–Kier alpha value is -2.91. The summed E-state index contributed by atoms with van der Waals surface area (Å²) in [7, 11) is 1.61. The highest BCUT2D eigenvalue weighted by atomic mass is 32.1. The Morgan fingerprint density at radius 1 is 1.19 bits per heavy atom. The van der Waals surface area contributed by atoms with Gasteiger partial charge in [-0.15, -0.1) is 15.3 Å². The van der Waals surface area contributed by atoms with E-state index in [0.717, 1.165) is 41.7 Å². The average Bonchev–Trinajstić information content (AvgIpc) is 3.43. The molecule has 0 amide bonds. The van der Waals surface area contributed by atoms with Gasteiger partial charge in [-0.3, -0.25) is 4.79 Å². The van der Waals surface area contributed by atoms with Crippen molar-refractivity contribution >= 4 is 28.1 Å². The number of aryl methyl sites for hydroxylation is 1. The molecule has 1 aromatic carbocycles. The van der Waals surface area contributed by atoms with Crippen LogP contribution in [0.3, 0.4) is 0 Å². The molecule has 1 aliphatic rings. The van der Waals surface area contributed by atoms with Crippen molar-refractivity contribution in [2.45, 2.75) is 31.7 Å². The first-order valence-corrected chi connectivity index (χ1v) is 11.1. The largest absolute Gasteiger partial charge is 0.384 e. The molecule has 9 heteroatoms. The lowest BCUT2D eigenvalue weighted by Crippen LogP contribution is -2.26. The Morgan fingerprint density at radius 3 is 2.77 bits per heavy atom. The smallest absolute Gasteiger partial charge is 0.205 e. The molecule has 2 aromatic heterocycles. The third-order valence-electron chi connectivity index (χ3n) is 5.34. The number of aromatic nitrogens is 4. The van der Waals surface area contributed by atoms with E-state index in [9.17, 15) is 4.79 Å². The first kappa shape index (κ1) is 21.3. The van der Waals surface area contributed by atoms with Gasteiger partial charge in [-0.2, -0.15) is 5.10 Å². The van der Waals surface area contributed by atoms with Crippen molar-refractivity contribution in [3.8, 4) is 0 Å². The van der Waals surface area contributed by atoms with Crippen LogP contribution in [0, 0.1) is 6.92 Å². The topological polar surface area (TPSA) is 93.1 Å². The van der Waals surface area contributed by atoms with E-state index in [1.165, 1.54) is 11.3 Å². The highest BCUT2D eigenvalue weighted by Gasteiger charge is 2.26. The number of methoxy groups -OCH3 is 1. The third kappa shape index (κ3) is 5.42. The lowest BCUT2D eigenvalue weighted by molar-refractivity contribution is -0.121. The molecule has 0 unspecified atom stereocenters. The molecule has 0 saturated carbocycles. The SMILES string of the molecule is COC[C@@H](C(=O)Cc1nnc(N[C@@H]2CCN(c3ccc(C)nn3)C2)s1)c1ccccc1. The van der Waals surface area contributed by atoms with Crippen LogP contribution in [0.2, 0.25) is 0 Å². The summed E-state index contributed by atoms with van der Waals surface area (Å²) in [5.74, 6) is 0.676. The summed E-state index contributed by atoms with van der Waals surface area (Å²) < 4.78 is 5.28. The Kier molecular flexibility index (Phi) is 6.83. The van der Waals surface area contributed by atoms with E-state index in [1.54, 1.807) is 7.11 Å². The van der Waals surface area contributed by atoms with Gasteiger partial charge in [0.25, 0.3) is 0 Å². The number of benzene rings is 1. The Bertz CT molecular complexity index is 995. The van der Waals surface area contributed by atoms with Gasteiger partial charge in [-0.25, -0.2) is 0 Å². The van der Waals surface area contributed by atoms with Crippen molar-refractivity contribution in [3.05, 3.63) is 58.7 Å². The lowest BCUT2D eigenvalue weighted by Gasteiger charge is -2.17. The second-order valence-corrected chi connectivity index (χ2v) is 8.73. The fourth-order valence-corrected chi connectivity index (χ4v) is 4.53. The molecule has 3 aromatic rings. The maximum Gasteiger partial charge on any atom is 0.205 e. The summed E-state index contributed by atoms with van der Waals surface area (Å²) in [4.78, 5) is 15.1. The van der Waals surface area contributed by atoms with Crippen LogP contribution in [0.4, 0.5) is 10.9 Å². The van der Waals surface area contributed by atoms with Crippen LogP contribution in [0.1, 0.15) is 28.6 Å². The van der Waals surface area contributed by atoms with Crippen molar-refractivity contribution in [2.75, 3.05) is 37.0 Å². The zero-order valence-corrected chi connectivity index (χ0v) is 18.5. The Morgan fingerprint density at radius 2 is 2.03 bits per heavy atom. The first-order valence-electron chi connectivity index (χ1n) is 10.3. The van der Waals surface area contributed by atoms with Crippen molar-refractivity contribution in [1.29, 1.82) is 0 Å². The lowest BCUT2D eigenvalue weighted by atomic mass is 9.94. The number of carbonyl (C=O) groups excluding carboxylic acids is 1. The number of hydrogen-bond donors (Lipinski definition) is 1. The van der Waals surface area contributed by atoms with Crippen molar-refractivity contribution in [2.24, 2.45) is 0 Å². The normalized spacial score (nSPS) is 17.0. The summed E-state index contributed by atoms with van der Waals surface area (Å²) in [6.07, 6.45) is 1.23. The highest BCUT2D eigenvalue weighted by Crippen LogP contribution is 2.25. The molecule has 3 heterocycles. The van der Waals surface area contributed by atoms with E-state index in [2.05, 4.69) is 30.6 Å².